The first-order valence-electron chi connectivity index (χ1n) is 9.03. The van der Waals surface area contributed by atoms with Crippen molar-refractivity contribution in [2.24, 2.45) is 5.73 Å². The third-order valence-corrected chi connectivity index (χ3v) is 5.52. The number of rotatable bonds is 5. The zero-order chi connectivity index (χ0) is 16.1. The van der Waals surface area contributed by atoms with Crippen LogP contribution in [0, 0.1) is 0 Å². The second kappa shape index (κ2) is 7.54. The van der Waals surface area contributed by atoms with Crippen molar-refractivity contribution in [3.8, 4) is 11.5 Å². The summed E-state index contributed by atoms with van der Waals surface area (Å²) in [5.74, 6) is 1.69. The summed E-state index contributed by atoms with van der Waals surface area (Å²) in [5, 5.41) is 3.40. The summed E-state index contributed by atoms with van der Waals surface area (Å²) in [4.78, 5) is 0. The van der Waals surface area contributed by atoms with E-state index in [0.717, 1.165) is 31.0 Å². The van der Waals surface area contributed by atoms with Gasteiger partial charge in [0.15, 0.2) is 11.5 Å². The van der Waals surface area contributed by atoms with Gasteiger partial charge in [-0.1, -0.05) is 25.3 Å². The van der Waals surface area contributed by atoms with Crippen LogP contribution >= 0.6 is 0 Å². The predicted molar refractivity (Wildman–Crippen MR) is 93.3 cm³/mol. The Morgan fingerprint density at radius 3 is 2.65 bits per heavy atom. The molecular formula is C19H30N2O2. The topological polar surface area (TPSA) is 56.5 Å². The first-order chi connectivity index (χ1) is 11.3. The first kappa shape index (κ1) is 16.6. The molecule has 1 aromatic rings. The van der Waals surface area contributed by atoms with E-state index in [9.17, 15) is 0 Å². The number of nitrogens with one attached hydrogen (secondary N) is 1. The molecule has 0 bridgehead atoms. The van der Waals surface area contributed by atoms with E-state index in [-0.39, 0.29) is 11.5 Å². The minimum atomic E-state index is 0.118. The number of nitrogens with two attached hydrogens (primary N) is 1. The number of piperidine rings is 1. The Labute approximate surface area is 139 Å². The van der Waals surface area contributed by atoms with E-state index in [2.05, 4.69) is 17.4 Å². The van der Waals surface area contributed by atoms with Crippen molar-refractivity contribution in [3.05, 3.63) is 23.8 Å². The van der Waals surface area contributed by atoms with Crippen LogP contribution in [0.15, 0.2) is 18.2 Å². The van der Waals surface area contributed by atoms with Crippen LogP contribution in [0.3, 0.4) is 0 Å². The third-order valence-electron chi connectivity index (χ3n) is 5.52. The molecule has 1 atom stereocenters. The highest BCUT2D eigenvalue weighted by Crippen LogP contribution is 2.42. The van der Waals surface area contributed by atoms with Gasteiger partial charge < -0.3 is 20.5 Å². The van der Waals surface area contributed by atoms with Crippen molar-refractivity contribution in [2.45, 2.75) is 56.5 Å². The first-order valence-corrected chi connectivity index (χ1v) is 9.03. The summed E-state index contributed by atoms with van der Waals surface area (Å²) in [6.45, 7) is 2.71. The van der Waals surface area contributed by atoms with Crippen molar-refractivity contribution in [3.63, 3.8) is 0 Å². The molecule has 3 N–H and O–H groups in total. The molecule has 1 saturated heterocycles. The molecule has 128 valence electrons. The Balaban J connectivity index is 1.85. The fourth-order valence-electron chi connectivity index (χ4n) is 4.04. The number of hydrogen-bond acceptors (Lipinski definition) is 4. The summed E-state index contributed by atoms with van der Waals surface area (Å²) in [7, 11) is 1.71. The zero-order valence-corrected chi connectivity index (χ0v) is 14.3. The molecule has 1 heterocycles. The van der Waals surface area contributed by atoms with Gasteiger partial charge in [0, 0.05) is 18.5 Å². The molecule has 4 heteroatoms. The maximum atomic E-state index is 6.27. The molecule has 0 spiro atoms. The van der Waals surface area contributed by atoms with Crippen LogP contribution in [0.4, 0.5) is 0 Å². The van der Waals surface area contributed by atoms with Gasteiger partial charge in [-0.25, -0.2) is 0 Å². The Kier molecular flexibility index (Phi) is 5.44. The van der Waals surface area contributed by atoms with Crippen LogP contribution in [-0.4, -0.2) is 32.8 Å². The normalized spacial score (nSPS) is 24.2. The lowest BCUT2D eigenvalue weighted by Gasteiger charge is -2.37. The predicted octanol–water partition coefficient (Wildman–Crippen LogP) is 2.99. The molecule has 0 amide bonds. The summed E-state index contributed by atoms with van der Waals surface area (Å²) in [6.07, 6.45) is 8.73. The van der Waals surface area contributed by atoms with E-state index in [1.54, 1.807) is 7.11 Å². The Bertz CT molecular complexity index is 506. The van der Waals surface area contributed by atoms with Crippen LogP contribution in [0.5, 0.6) is 11.5 Å². The van der Waals surface area contributed by atoms with Gasteiger partial charge >= 0.3 is 0 Å². The smallest absolute Gasteiger partial charge is 0.161 e. The highest BCUT2D eigenvalue weighted by Gasteiger charge is 2.33. The van der Waals surface area contributed by atoms with Gasteiger partial charge in [0.2, 0.25) is 0 Å². The molecule has 23 heavy (non-hydrogen) atoms. The van der Waals surface area contributed by atoms with Crippen molar-refractivity contribution in [1.29, 1.82) is 0 Å². The summed E-state index contributed by atoms with van der Waals surface area (Å²) < 4.78 is 11.8. The maximum Gasteiger partial charge on any atom is 0.161 e. The van der Waals surface area contributed by atoms with Crippen LogP contribution in [-0.2, 0) is 5.41 Å². The second-order valence-electron chi connectivity index (χ2n) is 7.00. The van der Waals surface area contributed by atoms with Gasteiger partial charge in [0.05, 0.1) is 7.11 Å². The molecule has 1 aliphatic carbocycles. The van der Waals surface area contributed by atoms with Crippen molar-refractivity contribution in [1.82, 2.24) is 5.32 Å². The lowest BCUT2D eigenvalue weighted by atomic mass is 9.69. The summed E-state index contributed by atoms with van der Waals surface area (Å²) >= 11 is 0. The molecule has 1 aliphatic heterocycles. The summed E-state index contributed by atoms with van der Waals surface area (Å²) in [5.41, 5.74) is 7.63. The SMILES string of the molecule is COc1ccc(C2(CN)CCCCC2)cc1OC1CCCNC1. The van der Waals surface area contributed by atoms with Gasteiger partial charge in [0.1, 0.15) is 6.10 Å². The van der Waals surface area contributed by atoms with Gasteiger partial charge in [-0.3, -0.25) is 0 Å². The minimum Gasteiger partial charge on any atom is -0.493 e. The van der Waals surface area contributed by atoms with E-state index < -0.39 is 0 Å². The lowest BCUT2D eigenvalue weighted by molar-refractivity contribution is 0.160. The fourth-order valence-corrected chi connectivity index (χ4v) is 4.04. The second-order valence-corrected chi connectivity index (χ2v) is 7.00. The van der Waals surface area contributed by atoms with Crippen LogP contribution in [0.1, 0.15) is 50.5 Å². The van der Waals surface area contributed by atoms with E-state index >= 15 is 0 Å². The molecule has 2 aliphatic rings. The van der Waals surface area contributed by atoms with Gasteiger partial charge in [-0.05, 0) is 49.9 Å². The molecule has 2 fully saturated rings. The molecular weight excluding hydrogens is 288 g/mol. The van der Waals surface area contributed by atoms with Crippen LogP contribution in [0.25, 0.3) is 0 Å². The van der Waals surface area contributed by atoms with Crippen molar-refractivity contribution < 1.29 is 9.47 Å². The highest BCUT2D eigenvalue weighted by atomic mass is 16.5. The number of methoxy groups -OCH3 is 1. The van der Waals surface area contributed by atoms with Crippen LogP contribution < -0.4 is 20.5 Å². The van der Waals surface area contributed by atoms with Gasteiger partial charge in [-0.15, -0.1) is 0 Å². The molecule has 3 rings (SSSR count). The molecule has 0 radical (unpaired) electrons. The van der Waals surface area contributed by atoms with E-state index in [0.29, 0.717) is 6.54 Å². The molecule has 1 saturated carbocycles. The third kappa shape index (κ3) is 3.64. The van der Waals surface area contributed by atoms with E-state index in [1.807, 2.05) is 6.07 Å². The molecule has 1 unspecified atom stereocenters. The van der Waals surface area contributed by atoms with Crippen molar-refractivity contribution >= 4 is 0 Å². The van der Waals surface area contributed by atoms with Crippen LogP contribution in [0.2, 0.25) is 0 Å². The van der Waals surface area contributed by atoms with Gasteiger partial charge in [0.25, 0.3) is 0 Å². The largest absolute Gasteiger partial charge is 0.493 e. The standard InChI is InChI=1S/C19H30N2O2/c1-22-17-8-7-15(19(14-20)9-3-2-4-10-19)12-18(17)23-16-6-5-11-21-13-16/h7-8,12,16,21H,2-6,9-11,13-14,20H2,1H3. The average molecular weight is 318 g/mol. The zero-order valence-electron chi connectivity index (χ0n) is 14.3. The molecule has 1 aromatic carbocycles. The Morgan fingerprint density at radius 2 is 2.00 bits per heavy atom. The van der Waals surface area contributed by atoms with Gasteiger partial charge in [-0.2, -0.15) is 0 Å². The number of ether oxygens (including phenoxy) is 2. The van der Waals surface area contributed by atoms with Crippen molar-refractivity contribution in [2.75, 3.05) is 26.7 Å². The monoisotopic (exact) mass is 318 g/mol. The maximum absolute atomic E-state index is 6.27. The van der Waals surface area contributed by atoms with E-state index in [4.69, 9.17) is 15.2 Å². The molecule has 4 nitrogen and oxygen atoms in total. The summed E-state index contributed by atoms with van der Waals surface area (Å²) in [6, 6.07) is 6.42. The lowest BCUT2D eigenvalue weighted by Crippen LogP contribution is -2.38. The van der Waals surface area contributed by atoms with E-state index in [1.165, 1.54) is 44.1 Å². The number of benzene rings is 1. The Morgan fingerprint density at radius 1 is 1.17 bits per heavy atom. The quantitative estimate of drug-likeness (QED) is 0.876. The number of hydrogen-bond donors (Lipinski definition) is 2. The minimum absolute atomic E-state index is 0.118. The highest BCUT2D eigenvalue weighted by molar-refractivity contribution is 5.45. The molecule has 0 aromatic heterocycles. The average Bonchev–Trinajstić information content (AvgIpc) is 2.63. The fraction of sp³-hybridized carbons (Fsp3) is 0.684. The Hall–Kier alpha value is -1.26.